The molecule has 1 spiro atoms. The zero-order valence-corrected chi connectivity index (χ0v) is 56.3. The molecule has 93 heavy (non-hydrogen) atoms. The second kappa shape index (κ2) is 32.9. The molecular weight excluding hydrogens is 1220 g/mol. The summed E-state index contributed by atoms with van der Waals surface area (Å²) in [6.45, 7) is 9.14. The van der Waals surface area contributed by atoms with E-state index in [0.717, 1.165) is 49.8 Å². The Morgan fingerprint density at radius 2 is 1.19 bits per heavy atom. The lowest BCUT2D eigenvalue weighted by Crippen LogP contribution is -2.64. The number of nitrogens with zero attached hydrogens (tertiary/aromatic N) is 7. The minimum atomic E-state index is -5.07. The van der Waals surface area contributed by atoms with Crippen molar-refractivity contribution in [2.75, 3.05) is 68.5 Å². The Labute approximate surface area is 542 Å². The van der Waals surface area contributed by atoms with E-state index in [9.17, 15) is 65.5 Å². The first-order valence-corrected chi connectivity index (χ1v) is 32.6. The highest BCUT2D eigenvalue weighted by Gasteiger charge is 2.54. The average Bonchev–Trinajstić information content (AvgIpc) is 1.68. The van der Waals surface area contributed by atoms with Gasteiger partial charge in [0.15, 0.2) is 0 Å². The van der Waals surface area contributed by atoms with Gasteiger partial charge >= 0.3 is 6.18 Å². The molecule has 4 aliphatic rings. The van der Waals surface area contributed by atoms with Crippen LogP contribution in [0.25, 0.3) is 0 Å². The van der Waals surface area contributed by atoms with E-state index in [-0.39, 0.29) is 61.8 Å². The minimum absolute atomic E-state index is 0.00287. The monoisotopic (exact) mass is 1320 g/mol. The van der Waals surface area contributed by atoms with Crippen LogP contribution in [0.15, 0.2) is 18.2 Å². The molecule has 2 heterocycles. The van der Waals surface area contributed by atoms with Gasteiger partial charge in [0.2, 0.25) is 65.0 Å². The van der Waals surface area contributed by atoms with Gasteiger partial charge < -0.3 is 55.6 Å². The largest absolute Gasteiger partial charge is 0.419 e. The summed E-state index contributed by atoms with van der Waals surface area (Å²) in [5.41, 5.74) is -3.45. The number of fused-ring (bicyclic) bond motifs is 1. The fourth-order valence-corrected chi connectivity index (χ4v) is 13.0. The summed E-state index contributed by atoms with van der Waals surface area (Å²) in [6.07, 6.45) is -2.00. The lowest BCUT2D eigenvalue weighted by molar-refractivity contribution is -0.149. The quantitative estimate of drug-likeness (QED) is 0.207. The fourth-order valence-electron chi connectivity index (χ4n) is 13.0. The van der Waals surface area contributed by atoms with E-state index in [1.165, 1.54) is 47.2 Å². The predicted molar refractivity (Wildman–Crippen MR) is 332 cm³/mol. The number of hydrogen-bond donors (Lipinski definition) is 4. The highest BCUT2D eigenvalue weighted by atomic mass is 19.4. The zero-order chi connectivity index (χ0) is 69.8. The summed E-state index contributed by atoms with van der Waals surface area (Å²) in [7, 11) is 8.10. The van der Waals surface area contributed by atoms with Crippen LogP contribution in [-0.2, 0) is 65.3 Å². The molecule has 1 aromatic rings. The second-order valence-electron chi connectivity index (χ2n) is 27.4. The number of nitrogens with one attached hydrogen (secondary N) is 4. The molecule has 4 N–H and O–H groups in total. The Bertz CT molecular complexity index is 2870. The van der Waals surface area contributed by atoms with E-state index < -0.39 is 188 Å². The van der Waals surface area contributed by atoms with E-state index in [2.05, 4.69) is 21.3 Å². The molecule has 0 unspecified atom stereocenters. The van der Waals surface area contributed by atoms with Gasteiger partial charge in [0.1, 0.15) is 47.6 Å². The highest BCUT2D eigenvalue weighted by Crippen LogP contribution is 2.38. The summed E-state index contributed by atoms with van der Waals surface area (Å²) in [5.74, 6) is -15.1. The van der Waals surface area contributed by atoms with Crippen molar-refractivity contribution in [1.82, 2.24) is 55.6 Å². The molecule has 22 nitrogen and oxygen atoms in total. The number of benzene rings is 1. The van der Waals surface area contributed by atoms with Crippen molar-refractivity contribution in [3.05, 3.63) is 35.1 Å². The van der Waals surface area contributed by atoms with E-state index in [4.69, 9.17) is 0 Å². The molecule has 2 aliphatic heterocycles. The Hall–Kier alpha value is -7.03. The van der Waals surface area contributed by atoms with Gasteiger partial charge in [0.05, 0.1) is 31.7 Å². The van der Waals surface area contributed by atoms with Gasteiger partial charge in [-0.15, -0.1) is 0 Å². The first kappa shape index (κ1) is 76.7. The van der Waals surface area contributed by atoms with Gasteiger partial charge in [-0.25, -0.2) is 13.2 Å². The lowest BCUT2D eigenvalue weighted by atomic mass is 9.84. The smallest absolute Gasteiger partial charge is 0.351 e. The van der Waals surface area contributed by atoms with Crippen molar-refractivity contribution in [3.63, 3.8) is 0 Å². The Morgan fingerprint density at radius 3 is 1.76 bits per heavy atom. The highest BCUT2D eigenvalue weighted by molar-refractivity contribution is 5.99. The maximum atomic E-state index is 15.9. The molecule has 5 rings (SSSR count). The van der Waals surface area contributed by atoms with Crippen molar-refractivity contribution in [1.29, 1.82) is 0 Å². The molecule has 28 heteroatoms. The van der Waals surface area contributed by atoms with Crippen LogP contribution in [0.3, 0.4) is 0 Å². The molecule has 522 valence electrons. The molecule has 8 atom stereocenters. The van der Waals surface area contributed by atoms with Crippen LogP contribution in [-0.4, -0.2) is 221 Å². The van der Waals surface area contributed by atoms with Crippen molar-refractivity contribution >= 4 is 65.0 Å². The first-order chi connectivity index (χ1) is 43.3. The molecule has 4 fully saturated rings. The molecular formula is C65H99F6N11O11. The molecule has 0 radical (unpaired) electrons. The minimum Gasteiger partial charge on any atom is -0.351 e. The standard InChI is InChI=1S/C65H99F6N11O11/c1-14-40(6)55-61(92)78(10)35-53(85)76(8)36-54(86)80(12)49(32-42-20-16-15-17-21-42)60(91)77(9)34-51(83)73-46(25-23-43-22-24-44(45(66)31-43)65(69,70)71)59(90)82-37-64(67,68)33-50(82)58(89)75-63(26-18-19-27-63)62(93)81(13)48(29-39(4)5)56(87)72-41(7)30-52(84)79(11)47(28-38(2)3)57(88)74-55/h22,24,31,38-42,46-50,55H,14-21,23,25-30,32-37H2,1-13H3,(H,72,87)(H,73,83)(H,74,88)(H,75,89)/t40-,41+,46-,47-,48-,49-,50-,55-/m0/s1. The maximum Gasteiger partial charge on any atom is 0.419 e. The number of halogens is 6. The van der Waals surface area contributed by atoms with Crippen molar-refractivity contribution < 1.29 is 79.1 Å². The molecule has 2 aliphatic carbocycles. The molecule has 2 saturated carbocycles. The van der Waals surface area contributed by atoms with E-state index >= 15 is 13.6 Å². The number of amides is 11. The Morgan fingerprint density at radius 1 is 0.634 bits per heavy atom. The second-order valence-corrected chi connectivity index (χ2v) is 27.4. The summed E-state index contributed by atoms with van der Waals surface area (Å²) in [4.78, 5) is 167. The molecule has 1 aromatic carbocycles. The topological polar surface area (TPSA) is 259 Å². The van der Waals surface area contributed by atoms with Gasteiger partial charge in [-0.2, -0.15) is 13.2 Å². The number of carbonyl (C=O) groups excluding carboxylic acids is 11. The van der Waals surface area contributed by atoms with Crippen LogP contribution in [0.5, 0.6) is 0 Å². The molecule has 2 saturated heterocycles. The zero-order valence-electron chi connectivity index (χ0n) is 56.3. The number of carbonyl (C=O) groups is 11. The summed E-state index contributed by atoms with van der Waals surface area (Å²) < 4.78 is 87.6. The van der Waals surface area contributed by atoms with Crippen molar-refractivity contribution in [2.24, 2.45) is 23.7 Å². The van der Waals surface area contributed by atoms with Crippen LogP contribution >= 0.6 is 0 Å². The van der Waals surface area contributed by atoms with Gasteiger partial charge in [0, 0.05) is 61.2 Å². The van der Waals surface area contributed by atoms with Gasteiger partial charge in [-0.05, 0) is 93.2 Å². The third kappa shape index (κ3) is 20.5. The van der Waals surface area contributed by atoms with Gasteiger partial charge in [-0.1, -0.05) is 99.0 Å². The molecule has 0 aromatic heterocycles. The number of likely N-dealkylation sites (N-methyl/N-ethyl adjacent to an activating group) is 6. The summed E-state index contributed by atoms with van der Waals surface area (Å²) in [6, 6.07) is -7.44. The Balaban J connectivity index is 1.58. The predicted octanol–water partition coefficient (Wildman–Crippen LogP) is 5.29. The summed E-state index contributed by atoms with van der Waals surface area (Å²) in [5, 5.41) is 10.8. The SMILES string of the molecule is CC[C@H](C)[C@@H]1NC(=O)[C@H](CC(C)C)N(C)C(=O)C[C@@H](C)NC(=O)[C@H](CC(C)C)N(C)C(=O)C2(CCCC2)NC(=O)[C@@H]2CC(F)(F)CN2C(=O)[C@H](CCc2ccc(C(F)(F)F)c(F)c2)NC(=O)CN(C)C(=O)[C@H](CC2CCCCC2)N(C)C(=O)CN(C)C(=O)CN(C)C1=O. The number of aryl methyl sites for hydroxylation is 1. The number of hydrogen-bond acceptors (Lipinski definition) is 11. The maximum absolute atomic E-state index is 15.9. The van der Waals surface area contributed by atoms with Crippen LogP contribution < -0.4 is 21.3 Å². The van der Waals surface area contributed by atoms with Crippen LogP contribution in [0.1, 0.15) is 162 Å². The average molecular weight is 1320 g/mol. The molecule has 11 amide bonds. The van der Waals surface area contributed by atoms with Crippen molar-refractivity contribution in [2.45, 2.75) is 218 Å². The van der Waals surface area contributed by atoms with E-state index in [0.29, 0.717) is 49.1 Å². The van der Waals surface area contributed by atoms with Gasteiger partial charge in [-0.3, -0.25) is 52.7 Å². The lowest BCUT2D eigenvalue weighted by Gasteiger charge is -2.38. The fraction of sp³-hybridized carbons (Fsp3) is 0.738. The Kier molecular flexibility index (Phi) is 27.1. The van der Waals surface area contributed by atoms with E-state index in [1.807, 2.05) is 20.8 Å². The van der Waals surface area contributed by atoms with Crippen LogP contribution in [0.2, 0.25) is 0 Å². The normalized spacial score (nSPS) is 26.4. The van der Waals surface area contributed by atoms with E-state index in [1.54, 1.807) is 27.7 Å². The van der Waals surface area contributed by atoms with Crippen LogP contribution in [0.4, 0.5) is 26.3 Å². The third-order valence-corrected chi connectivity index (χ3v) is 18.8. The summed E-state index contributed by atoms with van der Waals surface area (Å²) >= 11 is 0. The van der Waals surface area contributed by atoms with Crippen LogP contribution in [0, 0.1) is 29.5 Å². The first-order valence-electron chi connectivity index (χ1n) is 32.6. The number of alkyl halides is 5. The number of rotatable bonds is 11. The van der Waals surface area contributed by atoms with Crippen molar-refractivity contribution in [3.8, 4) is 0 Å². The third-order valence-electron chi connectivity index (χ3n) is 18.8. The molecule has 0 bridgehead atoms. The van der Waals surface area contributed by atoms with Gasteiger partial charge in [0.25, 0.3) is 5.92 Å².